The van der Waals surface area contributed by atoms with Crippen molar-refractivity contribution in [1.29, 1.82) is 0 Å². The van der Waals surface area contributed by atoms with Crippen molar-refractivity contribution in [2.45, 2.75) is 83.5 Å². The molecule has 0 radical (unpaired) electrons. The average Bonchev–Trinajstić information content (AvgIpc) is 2.55. The van der Waals surface area contributed by atoms with E-state index < -0.39 is 23.5 Å². The molecule has 1 aromatic carbocycles. The summed E-state index contributed by atoms with van der Waals surface area (Å²) in [7, 11) is 0. The third kappa shape index (κ3) is 4.85. The minimum Gasteiger partial charge on any atom is -0.478 e. The SMILES string of the molecule is Cc1ccccc1C(C)C(=O)OC1(C(=O)O)CCC(OC(C)(C)C)CC1. The second kappa shape index (κ2) is 7.78. The van der Waals surface area contributed by atoms with Crippen molar-refractivity contribution >= 4 is 11.9 Å². The molecule has 1 atom stereocenters. The second-order valence-electron chi connectivity index (χ2n) is 8.23. The van der Waals surface area contributed by atoms with Crippen LogP contribution in [0.1, 0.15) is 70.4 Å². The van der Waals surface area contributed by atoms with Crippen LogP contribution in [0, 0.1) is 6.92 Å². The highest BCUT2D eigenvalue weighted by Gasteiger charge is 2.47. The van der Waals surface area contributed by atoms with Crippen molar-refractivity contribution in [3.63, 3.8) is 0 Å². The minimum absolute atomic E-state index is 0.00466. The molecule has 0 aromatic heterocycles. The van der Waals surface area contributed by atoms with Crippen LogP contribution >= 0.6 is 0 Å². The highest BCUT2D eigenvalue weighted by atomic mass is 16.6. The summed E-state index contributed by atoms with van der Waals surface area (Å²) in [5.74, 6) is -2.06. The Morgan fingerprint density at radius 2 is 1.77 bits per heavy atom. The monoisotopic (exact) mass is 362 g/mol. The quantitative estimate of drug-likeness (QED) is 0.794. The van der Waals surface area contributed by atoms with Gasteiger partial charge in [-0.3, -0.25) is 4.79 Å². The van der Waals surface area contributed by atoms with Gasteiger partial charge in [0.1, 0.15) is 0 Å². The van der Waals surface area contributed by atoms with E-state index in [1.807, 2.05) is 52.0 Å². The van der Waals surface area contributed by atoms with E-state index in [4.69, 9.17) is 9.47 Å². The molecule has 1 saturated carbocycles. The number of benzene rings is 1. The van der Waals surface area contributed by atoms with E-state index in [0.29, 0.717) is 12.8 Å². The Labute approximate surface area is 155 Å². The van der Waals surface area contributed by atoms with Crippen LogP contribution in [0.3, 0.4) is 0 Å². The molecular formula is C21H30O5. The van der Waals surface area contributed by atoms with Crippen LogP contribution in [-0.4, -0.2) is 34.4 Å². The lowest BCUT2D eigenvalue weighted by Gasteiger charge is -2.38. The maximum Gasteiger partial charge on any atom is 0.348 e. The van der Waals surface area contributed by atoms with Crippen LogP contribution in [0.15, 0.2) is 24.3 Å². The Morgan fingerprint density at radius 1 is 1.19 bits per heavy atom. The maximum absolute atomic E-state index is 12.7. The maximum atomic E-state index is 12.7. The molecule has 0 aliphatic heterocycles. The Kier molecular flexibility index (Phi) is 6.12. The van der Waals surface area contributed by atoms with Gasteiger partial charge in [-0.25, -0.2) is 4.79 Å². The van der Waals surface area contributed by atoms with E-state index >= 15 is 0 Å². The van der Waals surface area contributed by atoms with Crippen LogP contribution in [0.2, 0.25) is 0 Å². The molecule has 1 aliphatic rings. The molecule has 2 rings (SSSR count). The summed E-state index contributed by atoms with van der Waals surface area (Å²) in [6.45, 7) is 9.64. The molecular weight excluding hydrogens is 332 g/mol. The van der Waals surface area contributed by atoms with Gasteiger partial charge in [0.2, 0.25) is 5.60 Å². The fourth-order valence-corrected chi connectivity index (χ4v) is 3.52. The number of carbonyl (C=O) groups excluding carboxylic acids is 1. The zero-order valence-corrected chi connectivity index (χ0v) is 16.4. The molecule has 0 bridgehead atoms. The predicted octanol–water partition coefficient (Wildman–Crippen LogP) is 4.22. The highest BCUT2D eigenvalue weighted by Crippen LogP contribution is 2.36. The number of esters is 1. The van der Waals surface area contributed by atoms with E-state index in [1.165, 1.54) is 0 Å². The topological polar surface area (TPSA) is 72.8 Å². The second-order valence-corrected chi connectivity index (χ2v) is 8.23. The van der Waals surface area contributed by atoms with E-state index in [0.717, 1.165) is 11.1 Å². The third-order valence-electron chi connectivity index (χ3n) is 4.95. The van der Waals surface area contributed by atoms with Crippen LogP contribution in [0.25, 0.3) is 0 Å². The molecule has 5 heteroatoms. The Hall–Kier alpha value is -1.88. The molecule has 5 nitrogen and oxygen atoms in total. The molecule has 0 heterocycles. The molecule has 144 valence electrons. The number of ether oxygens (including phenoxy) is 2. The summed E-state index contributed by atoms with van der Waals surface area (Å²) in [4.78, 5) is 24.6. The Bertz CT molecular complexity index is 651. The van der Waals surface area contributed by atoms with Crippen molar-refractivity contribution in [2.75, 3.05) is 0 Å². The van der Waals surface area contributed by atoms with E-state index in [9.17, 15) is 14.7 Å². The predicted molar refractivity (Wildman–Crippen MR) is 99.1 cm³/mol. The third-order valence-corrected chi connectivity index (χ3v) is 4.95. The molecule has 26 heavy (non-hydrogen) atoms. The molecule has 1 fully saturated rings. The summed E-state index contributed by atoms with van der Waals surface area (Å²) in [5, 5.41) is 9.75. The molecule has 0 saturated heterocycles. The lowest BCUT2D eigenvalue weighted by atomic mass is 9.82. The van der Waals surface area contributed by atoms with Gasteiger partial charge in [0.05, 0.1) is 17.6 Å². The fourth-order valence-electron chi connectivity index (χ4n) is 3.52. The first-order chi connectivity index (χ1) is 12.0. The number of carboxylic acids is 1. The largest absolute Gasteiger partial charge is 0.478 e. The molecule has 0 spiro atoms. The lowest BCUT2D eigenvalue weighted by Crippen LogP contribution is -2.48. The molecule has 1 aliphatic carbocycles. The molecule has 1 unspecified atom stereocenters. The first-order valence-electron chi connectivity index (χ1n) is 9.24. The van der Waals surface area contributed by atoms with Gasteiger partial charge < -0.3 is 14.6 Å². The van der Waals surface area contributed by atoms with E-state index in [1.54, 1.807) is 6.92 Å². The number of carbonyl (C=O) groups is 2. The number of carboxylic acid groups (broad SMARTS) is 1. The van der Waals surface area contributed by atoms with Crippen molar-refractivity contribution in [3.8, 4) is 0 Å². The van der Waals surface area contributed by atoms with Gasteiger partial charge in [0.15, 0.2) is 0 Å². The average molecular weight is 362 g/mol. The summed E-state index contributed by atoms with van der Waals surface area (Å²) >= 11 is 0. The summed E-state index contributed by atoms with van der Waals surface area (Å²) in [6, 6.07) is 7.59. The smallest absolute Gasteiger partial charge is 0.348 e. The first kappa shape index (κ1) is 20.4. The van der Waals surface area contributed by atoms with Crippen molar-refractivity contribution < 1.29 is 24.2 Å². The van der Waals surface area contributed by atoms with E-state index in [2.05, 4.69) is 0 Å². The summed E-state index contributed by atoms with van der Waals surface area (Å²) in [5.41, 5.74) is 0.127. The number of hydrogen-bond acceptors (Lipinski definition) is 4. The van der Waals surface area contributed by atoms with Crippen LogP contribution < -0.4 is 0 Å². The number of rotatable bonds is 5. The number of aryl methyl sites for hydroxylation is 1. The summed E-state index contributed by atoms with van der Waals surface area (Å²) in [6.07, 6.45) is 1.67. The normalized spacial score (nSPS) is 24.7. The van der Waals surface area contributed by atoms with Gasteiger partial charge in [-0.2, -0.15) is 0 Å². The summed E-state index contributed by atoms with van der Waals surface area (Å²) < 4.78 is 11.6. The van der Waals surface area contributed by atoms with Crippen LogP contribution in [-0.2, 0) is 19.1 Å². The van der Waals surface area contributed by atoms with Crippen molar-refractivity contribution in [3.05, 3.63) is 35.4 Å². The Balaban J connectivity index is 2.08. The first-order valence-corrected chi connectivity index (χ1v) is 9.24. The van der Waals surface area contributed by atoms with Crippen molar-refractivity contribution in [1.82, 2.24) is 0 Å². The van der Waals surface area contributed by atoms with Crippen LogP contribution in [0.4, 0.5) is 0 Å². The van der Waals surface area contributed by atoms with Crippen LogP contribution in [0.5, 0.6) is 0 Å². The fraction of sp³-hybridized carbons (Fsp3) is 0.619. The van der Waals surface area contributed by atoms with Crippen molar-refractivity contribution in [2.24, 2.45) is 0 Å². The zero-order valence-electron chi connectivity index (χ0n) is 16.4. The molecule has 1 N–H and O–H groups in total. The number of hydrogen-bond donors (Lipinski definition) is 1. The van der Waals surface area contributed by atoms with Gasteiger partial charge in [-0.1, -0.05) is 24.3 Å². The molecule has 0 amide bonds. The van der Waals surface area contributed by atoms with E-state index in [-0.39, 0.29) is 24.5 Å². The van der Waals surface area contributed by atoms with Gasteiger partial charge in [-0.05, 0) is 58.6 Å². The van der Waals surface area contributed by atoms with Gasteiger partial charge in [0.25, 0.3) is 0 Å². The Morgan fingerprint density at radius 3 is 2.27 bits per heavy atom. The standard InChI is InChI=1S/C21H30O5/c1-14-8-6-7-9-17(14)15(2)18(22)26-21(19(23)24)12-10-16(11-13-21)25-20(3,4)5/h6-9,15-16H,10-13H2,1-5H3,(H,23,24). The zero-order chi connectivity index (χ0) is 19.5. The lowest BCUT2D eigenvalue weighted by molar-refractivity contribution is -0.189. The molecule has 1 aromatic rings. The van der Waals surface area contributed by atoms with Gasteiger partial charge in [0, 0.05) is 12.8 Å². The highest BCUT2D eigenvalue weighted by molar-refractivity contribution is 5.85. The number of aliphatic carboxylic acids is 1. The van der Waals surface area contributed by atoms with Gasteiger partial charge >= 0.3 is 11.9 Å². The minimum atomic E-state index is -1.45. The van der Waals surface area contributed by atoms with Gasteiger partial charge in [-0.15, -0.1) is 0 Å².